The number of aromatic nitrogens is 2. The lowest BCUT2D eigenvalue weighted by atomic mass is 10.00. The van der Waals surface area contributed by atoms with Crippen LogP contribution in [0, 0.1) is 6.92 Å². The summed E-state index contributed by atoms with van der Waals surface area (Å²) in [5.41, 5.74) is 3.62. The lowest BCUT2D eigenvalue weighted by Gasteiger charge is -2.11. The second-order valence-corrected chi connectivity index (χ2v) is 4.92. The van der Waals surface area contributed by atoms with E-state index in [4.69, 9.17) is 4.74 Å². The normalized spacial score (nSPS) is 10.8. The van der Waals surface area contributed by atoms with Crippen molar-refractivity contribution in [2.24, 2.45) is 0 Å². The molecule has 3 rings (SSSR count). The molecule has 1 aromatic carbocycles. The van der Waals surface area contributed by atoms with Gasteiger partial charge in [0.05, 0.1) is 24.4 Å². The Bertz CT molecular complexity index is 791. The highest BCUT2D eigenvalue weighted by molar-refractivity contribution is 5.93. The molecule has 3 aromatic rings. The van der Waals surface area contributed by atoms with E-state index in [9.17, 15) is 4.79 Å². The summed E-state index contributed by atoms with van der Waals surface area (Å²) in [6.07, 6.45) is 4.33. The van der Waals surface area contributed by atoms with Crippen molar-refractivity contribution in [3.8, 4) is 0 Å². The van der Waals surface area contributed by atoms with Crippen molar-refractivity contribution in [3.05, 3.63) is 71.3 Å². The first-order valence-electron chi connectivity index (χ1n) is 6.78. The van der Waals surface area contributed by atoms with Gasteiger partial charge < -0.3 is 9.14 Å². The molecule has 0 spiro atoms. The van der Waals surface area contributed by atoms with Gasteiger partial charge in [-0.3, -0.25) is 0 Å². The van der Waals surface area contributed by atoms with Gasteiger partial charge in [0.15, 0.2) is 0 Å². The topological polar surface area (TPSA) is 43.6 Å². The highest BCUT2D eigenvalue weighted by atomic mass is 16.5. The first-order valence-corrected chi connectivity index (χ1v) is 6.78. The van der Waals surface area contributed by atoms with E-state index >= 15 is 0 Å². The molecule has 0 unspecified atom stereocenters. The minimum Gasteiger partial charge on any atom is -0.465 e. The van der Waals surface area contributed by atoms with Gasteiger partial charge in [-0.1, -0.05) is 30.3 Å². The number of carbonyl (C=O) groups excluding carboxylic acids is 1. The quantitative estimate of drug-likeness (QED) is 0.693. The number of imidazole rings is 1. The van der Waals surface area contributed by atoms with Gasteiger partial charge in [0.25, 0.3) is 0 Å². The summed E-state index contributed by atoms with van der Waals surface area (Å²) >= 11 is 0. The van der Waals surface area contributed by atoms with Crippen LogP contribution >= 0.6 is 0 Å². The number of ether oxygens (including phenoxy) is 1. The van der Waals surface area contributed by atoms with E-state index < -0.39 is 0 Å². The number of methoxy groups -OCH3 is 1. The summed E-state index contributed by atoms with van der Waals surface area (Å²) in [6.45, 7) is 1.94. The van der Waals surface area contributed by atoms with Crippen molar-refractivity contribution in [3.63, 3.8) is 0 Å². The molecule has 2 aromatic heterocycles. The average molecular weight is 280 g/mol. The third-order valence-electron chi connectivity index (χ3n) is 3.64. The molecule has 4 heteroatoms. The molecule has 0 bridgehead atoms. The van der Waals surface area contributed by atoms with Gasteiger partial charge >= 0.3 is 5.97 Å². The molecule has 0 amide bonds. The van der Waals surface area contributed by atoms with Crippen LogP contribution in [0.2, 0.25) is 0 Å². The van der Waals surface area contributed by atoms with Gasteiger partial charge in [-0.25, -0.2) is 9.78 Å². The lowest BCUT2D eigenvalue weighted by molar-refractivity contribution is 0.0599. The zero-order chi connectivity index (χ0) is 14.8. The number of benzene rings is 1. The number of pyridine rings is 1. The fourth-order valence-electron chi connectivity index (χ4n) is 2.54. The van der Waals surface area contributed by atoms with Crippen LogP contribution < -0.4 is 0 Å². The third kappa shape index (κ3) is 2.40. The molecule has 0 aliphatic heterocycles. The van der Waals surface area contributed by atoms with Crippen molar-refractivity contribution in [2.45, 2.75) is 13.3 Å². The molecule has 0 atom stereocenters. The number of fused-ring (bicyclic) bond motifs is 1. The lowest BCUT2D eigenvalue weighted by Crippen LogP contribution is -2.08. The fraction of sp³-hybridized carbons (Fsp3) is 0.176. The van der Waals surface area contributed by atoms with Crippen molar-refractivity contribution in [1.82, 2.24) is 9.38 Å². The van der Waals surface area contributed by atoms with Crippen molar-refractivity contribution >= 4 is 11.5 Å². The molecule has 0 fully saturated rings. The monoisotopic (exact) mass is 280 g/mol. The van der Waals surface area contributed by atoms with Crippen LogP contribution in [0.3, 0.4) is 0 Å². The molecule has 0 aliphatic carbocycles. The highest BCUT2D eigenvalue weighted by Crippen LogP contribution is 2.22. The summed E-state index contributed by atoms with van der Waals surface area (Å²) in [5.74, 6) is 0.581. The maximum atomic E-state index is 12.0. The van der Waals surface area contributed by atoms with Crippen LogP contribution in [0.25, 0.3) is 5.52 Å². The Hall–Kier alpha value is -2.62. The molecule has 0 N–H and O–H groups in total. The Morgan fingerprint density at radius 2 is 2.00 bits per heavy atom. The van der Waals surface area contributed by atoms with Crippen LogP contribution in [0.15, 0.2) is 48.8 Å². The molecule has 0 radical (unpaired) electrons. The van der Waals surface area contributed by atoms with Gasteiger partial charge in [0.2, 0.25) is 0 Å². The Morgan fingerprint density at radius 3 is 2.71 bits per heavy atom. The van der Waals surface area contributed by atoms with Crippen LogP contribution in [0.1, 0.15) is 27.3 Å². The molecule has 0 aliphatic rings. The highest BCUT2D eigenvalue weighted by Gasteiger charge is 2.16. The van der Waals surface area contributed by atoms with E-state index in [2.05, 4.69) is 4.98 Å². The van der Waals surface area contributed by atoms with Gasteiger partial charge in [-0.15, -0.1) is 0 Å². The van der Waals surface area contributed by atoms with Crippen LogP contribution in [0.5, 0.6) is 0 Å². The standard InChI is InChI=1S/C17H16N2O2/c1-12-18-11-16-15(10-13-6-4-3-5-7-13)14(17(20)21-2)8-9-19(12)16/h3-9,11H,10H2,1-2H3. The van der Waals surface area contributed by atoms with Gasteiger partial charge in [0, 0.05) is 12.6 Å². The number of nitrogens with zero attached hydrogens (tertiary/aromatic N) is 2. The van der Waals surface area contributed by atoms with E-state index in [0.29, 0.717) is 12.0 Å². The molecule has 106 valence electrons. The van der Waals surface area contributed by atoms with Gasteiger partial charge in [-0.05, 0) is 24.1 Å². The van der Waals surface area contributed by atoms with Gasteiger partial charge in [0.1, 0.15) is 5.82 Å². The predicted molar refractivity (Wildman–Crippen MR) is 80.5 cm³/mol. The second-order valence-electron chi connectivity index (χ2n) is 4.92. The summed E-state index contributed by atoms with van der Waals surface area (Å²) in [7, 11) is 1.40. The Labute approximate surface area is 123 Å². The number of rotatable bonds is 3. The smallest absolute Gasteiger partial charge is 0.338 e. The van der Waals surface area contributed by atoms with Crippen molar-refractivity contribution in [2.75, 3.05) is 7.11 Å². The van der Waals surface area contributed by atoms with Crippen LogP contribution in [-0.4, -0.2) is 22.5 Å². The first kappa shape index (κ1) is 13.4. The zero-order valence-electron chi connectivity index (χ0n) is 12.0. The summed E-state index contributed by atoms with van der Waals surface area (Å²) in [4.78, 5) is 16.4. The Morgan fingerprint density at radius 1 is 1.24 bits per heavy atom. The maximum absolute atomic E-state index is 12.0. The largest absolute Gasteiger partial charge is 0.465 e. The SMILES string of the molecule is COC(=O)c1ccn2c(C)ncc2c1Cc1ccccc1. The molecule has 2 heterocycles. The van der Waals surface area contributed by atoms with E-state index in [1.54, 1.807) is 12.3 Å². The molecule has 4 nitrogen and oxygen atoms in total. The minimum absolute atomic E-state index is 0.317. The molecular formula is C17H16N2O2. The number of hydrogen-bond donors (Lipinski definition) is 0. The number of carbonyl (C=O) groups is 1. The minimum atomic E-state index is -0.317. The van der Waals surface area contributed by atoms with Crippen molar-refractivity contribution < 1.29 is 9.53 Å². The van der Waals surface area contributed by atoms with E-state index in [0.717, 1.165) is 22.5 Å². The fourth-order valence-corrected chi connectivity index (χ4v) is 2.54. The first-order chi connectivity index (χ1) is 10.2. The van der Waals surface area contributed by atoms with E-state index in [1.807, 2.05) is 47.9 Å². The second kappa shape index (κ2) is 5.40. The van der Waals surface area contributed by atoms with E-state index in [-0.39, 0.29) is 5.97 Å². The van der Waals surface area contributed by atoms with Gasteiger partial charge in [-0.2, -0.15) is 0 Å². The number of hydrogen-bond acceptors (Lipinski definition) is 3. The summed E-state index contributed by atoms with van der Waals surface area (Å²) in [5, 5.41) is 0. The van der Waals surface area contributed by atoms with E-state index in [1.165, 1.54) is 7.11 Å². The number of aryl methyl sites for hydroxylation is 1. The Balaban J connectivity index is 2.18. The van der Waals surface area contributed by atoms with Crippen LogP contribution in [-0.2, 0) is 11.2 Å². The molecule has 21 heavy (non-hydrogen) atoms. The predicted octanol–water partition coefficient (Wildman–Crippen LogP) is 3.02. The van der Waals surface area contributed by atoms with Crippen molar-refractivity contribution in [1.29, 1.82) is 0 Å². The Kier molecular flexibility index (Phi) is 3.44. The zero-order valence-corrected chi connectivity index (χ0v) is 12.0. The molecule has 0 saturated carbocycles. The third-order valence-corrected chi connectivity index (χ3v) is 3.64. The number of esters is 1. The molecule has 0 saturated heterocycles. The average Bonchev–Trinajstić information content (AvgIpc) is 2.90. The molecular weight excluding hydrogens is 264 g/mol. The summed E-state index contributed by atoms with van der Waals surface area (Å²) < 4.78 is 6.89. The van der Waals surface area contributed by atoms with Crippen LogP contribution in [0.4, 0.5) is 0 Å². The summed E-state index contributed by atoms with van der Waals surface area (Å²) in [6, 6.07) is 11.9. The maximum Gasteiger partial charge on any atom is 0.338 e.